The molecule has 0 bridgehead atoms. The average Bonchev–Trinajstić information content (AvgIpc) is 3.53. The molecule has 4 N–H and O–H groups in total. The first-order valence-electron chi connectivity index (χ1n) is 12.1. The molecule has 1 amide bonds. The maximum atomic E-state index is 12.2. The fourth-order valence-corrected chi connectivity index (χ4v) is 4.84. The van der Waals surface area contributed by atoms with Gasteiger partial charge in [0.05, 0.1) is 12.5 Å². The molecule has 9 nitrogen and oxygen atoms in total. The minimum absolute atomic E-state index is 0.0198. The van der Waals surface area contributed by atoms with Gasteiger partial charge in [-0.05, 0) is 63.1 Å². The molecule has 2 aromatic rings. The Bertz CT molecular complexity index is 1000. The Morgan fingerprint density at radius 3 is 2.50 bits per heavy atom. The number of aromatic nitrogens is 2. The van der Waals surface area contributed by atoms with Crippen LogP contribution in [0.5, 0.6) is 0 Å². The molecular formula is C25H34N8O. The van der Waals surface area contributed by atoms with Gasteiger partial charge in [-0.2, -0.15) is 4.98 Å². The molecule has 9 heteroatoms. The highest BCUT2D eigenvalue weighted by Gasteiger charge is 2.36. The molecule has 3 aliphatic rings. The lowest BCUT2D eigenvalue weighted by molar-refractivity contribution is 0.0951. The lowest BCUT2D eigenvalue weighted by atomic mass is 10.0. The Balaban J connectivity index is 0.00000133. The number of rotatable bonds is 7. The number of fused-ring (bicyclic) bond motifs is 1. The molecule has 5 rings (SSSR count). The third kappa shape index (κ3) is 5.03. The summed E-state index contributed by atoms with van der Waals surface area (Å²) in [6.45, 7) is 5.50. The Kier molecular flexibility index (Phi) is 7.40. The number of carbonyl (C=O) groups excluding carboxylic acids is 1. The van der Waals surface area contributed by atoms with Crippen LogP contribution in [0.25, 0.3) is 0 Å². The molecule has 34 heavy (non-hydrogen) atoms. The highest BCUT2D eigenvalue weighted by atomic mass is 16.1. The maximum absolute atomic E-state index is 12.2. The fourth-order valence-electron chi connectivity index (χ4n) is 4.84. The van der Waals surface area contributed by atoms with Crippen LogP contribution in [0.3, 0.4) is 0 Å². The van der Waals surface area contributed by atoms with Gasteiger partial charge in [0.15, 0.2) is 5.82 Å². The molecule has 1 aromatic carbocycles. The van der Waals surface area contributed by atoms with E-state index in [4.69, 9.17) is 15.8 Å². The molecule has 0 spiro atoms. The van der Waals surface area contributed by atoms with Crippen LogP contribution < -0.4 is 20.4 Å². The molecular weight excluding hydrogens is 428 g/mol. The summed E-state index contributed by atoms with van der Waals surface area (Å²) in [6.07, 6.45) is 11.3. The third-order valence-corrected chi connectivity index (χ3v) is 6.77. The summed E-state index contributed by atoms with van der Waals surface area (Å²) in [4.78, 5) is 26.1. The van der Waals surface area contributed by atoms with E-state index in [1.165, 1.54) is 32.0 Å². The van der Waals surface area contributed by atoms with Crippen LogP contribution in [0.1, 0.15) is 62.2 Å². The zero-order valence-electron chi connectivity index (χ0n) is 19.8. The zero-order valence-corrected chi connectivity index (χ0v) is 19.8. The van der Waals surface area contributed by atoms with Gasteiger partial charge >= 0.3 is 0 Å². The number of hydrogen-bond donors (Lipinski definition) is 4. The van der Waals surface area contributed by atoms with Gasteiger partial charge in [-0.25, -0.2) is 4.98 Å². The van der Waals surface area contributed by atoms with E-state index in [-0.39, 0.29) is 5.91 Å². The van der Waals surface area contributed by atoms with Crippen molar-refractivity contribution in [3.63, 3.8) is 0 Å². The van der Waals surface area contributed by atoms with Crippen molar-refractivity contribution in [3.05, 3.63) is 36.0 Å². The predicted octanol–water partition coefficient (Wildman–Crippen LogP) is 4.33. The van der Waals surface area contributed by atoms with Crippen LogP contribution in [0.4, 0.5) is 23.1 Å². The van der Waals surface area contributed by atoms with E-state index >= 15 is 0 Å². The van der Waals surface area contributed by atoms with Crippen molar-refractivity contribution in [3.8, 4) is 0 Å². The number of amides is 1. The predicted molar refractivity (Wildman–Crippen MR) is 137 cm³/mol. The highest BCUT2D eigenvalue weighted by Crippen LogP contribution is 2.39. The number of carbonyl (C=O) groups is 1. The number of nitrogens with zero attached hydrogens (tertiary/aromatic N) is 4. The Labute approximate surface area is 201 Å². The summed E-state index contributed by atoms with van der Waals surface area (Å²) in [6, 6.07) is 8.61. The molecule has 2 heterocycles. The summed E-state index contributed by atoms with van der Waals surface area (Å²) < 4.78 is 0. The van der Waals surface area contributed by atoms with Crippen LogP contribution in [0.2, 0.25) is 0 Å². The molecule has 1 atom stereocenters. The SMILES string of the molecule is C=N.CCC1CN(C=N)c2cnc(Nc3ccc(C(=O)NC4CC4)cc3)nc2N1C1CCCC1. The third-order valence-electron chi connectivity index (χ3n) is 6.77. The Morgan fingerprint density at radius 2 is 1.88 bits per heavy atom. The second-order valence-corrected chi connectivity index (χ2v) is 9.04. The van der Waals surface area contributed by atoms with Crippen molar-refractivity contribution in [1.82, 2.24) is 15.3 Å². The zero-order chi connectivity index (χ0) is 24.1. The molecule has 2 fully saturated rings. The molecule has 180 valence electrons. The van der Waals surface area contributed by atoms with Crippen molar-refractivity contribution in [1.29, 1.82) is 10.8 Å². The molecule has 2 saturated carbocycles. The van der Waals surface area contributed by atoms with E-state index in [9.17, 15) is 4.79 Å². The summed E-state index contributed by atoms with van der Waals surface area (Å²) in [5.74, 6) is 1.42. The van der Waals surface area contributed by atoms with E-state index in [0.29, 0.717) is 29.6 Å². The van der Waals surface area contributed by atoms with Gasteiger partial charge in [-0.1, -0.05) is 19.8 Å². The minimum atomic E-state index is -0.0198. The molecule has 0 radical (unpaired) electrons. The summed E-state index contributed by atoms with van der Waals surface area (Å²) in [7, 11) is 0. The quantitative estimate of drug-likeness (QED) is 0.359. The number of benzene rings is 1. The lowest BCUT2D eigenvalue weighted by Gasteiger charge is -2.44. The average molecular weight is 463 g/mol. The maximum Gasteiger partial charge on any atom is 0.251 e. The summed E-state index contributed by atoms with van der Waals surface area (Å²) in [5, 5.41) is 19.7. The van der Waals surface area contributed by atoms with E-state index in [1.54, 1.807) is 0 Å². The van der Waals surface area contributed by atoms with Crippen molar-refractivity contribution < 1.29 is 4.79 Å². The Morgan fingerprint density at radius 1 is 1.18 bits per heavy atom. The highest BCUT2D eigenvalue weighted by molar-refractivity contribution is 5.95. The second kappa shape index (κ2) is 10.6. The van der Waals surface area contributed by atoms with E-state index in [1.807, 2.05) is 35.4 Å². The van der Waals surface area contributed by atoms with Crippen LogP contribution in [-0.4, -0.2) is 53.6 Å². The first-order valence-corrected chi connectivity index (χ1v) is 12.1. The number of nitrogens with one attached hydrogen (secondary N) is 4. The topological polar surface area (TPSA) is 121 Å². The van der Waals surface area contributed by atoms with Crippen LogP contribution >= 0.6 is 0 Å². The Hall–Kier alpha value is -3.49. The molecule has 1 aliphatic heterocycles. The van der Waals surface area contributed by atoms with E-state index < -0.39 is 0 Å². The molecule has 1 aromatic heterocycles. The monoisotopic (exact) mass is 462 g/mol. The van der Waals surface area contributed by atoms with E-state index in [2.05, 4.69) is 34.2 Å². The van der Waals surface area contributed by atoms with Gasteiger partial charge < -0.3 is 25.8 Å². The molecule has 1 unspecified atom stereocenters. The van der Waals surface area contributed by atoms with Gasteiger partial charge in [-0.15, -0.1) is 0 Å². The normalized spacial score (nSPS) is 19.6. The van der Waals surface area contributed by atoms with E-state index in [0.717, 1.165) is 43.0 Å². The second-order valence-electron chi connectivity index (χ2n) is 9.04. The van der Waals surface area contributed by atoms with Gasteiger partial charge in [0.25, 0.3) is 5.91 Å². The molecule has 2 aliphatic carbocycles. The van der Waals surface area contributed by atoms with Gasteiger partial charge in [0.2, 0.25) is 5.95 Å². The molecule has 0 saturated heterocycles. The van der Waals surface area contributed by atoms with Gasteiger partial charge in [-0.3, -0.25) is 10.2 Å². The smallest absolute Gasteiger partial charge is 0.251 e. The first kappa shape index (κ1) is 23.7. The lowest BCUT2D eigenvalue weighted by Crippen LogP contribution is -2.52. The number of anilines is 4. The standard InChI is InChI=1S/C24H31N7O.CH3N/c1-2-19-14-30(15-25)21-13-26-24(29-22(21)31(19)20-5-3-4-6-20)28-18-9-7-16(8-10-18)23(32)27-17-11-12-17;1-2/h7-10,13,15,17,19-20,25H,2-6,11-12,14H2,1H3,(H,27,32)(H,26,28,29);2H,1H2. The van der Waals surface area contributed by atoms with Crippen LogP contribution in [0, 0.1) is 10.8 Å². The number of hydrogen-bond acceptors (Lipinski definition) is 7. The minimum Gasteiger partial charge on any atom is -0.349 e. The fraction of sp³-hybridized carbons (Fsp3) is 0.480. The van der Waals surface area contributed by atoms with Gasteiger partial charge in [0.1, 0.15) is 5.69 Å². The largest absolute Gasteiger partial charge is 0.349 e. The summed E-state index contributed by atoms with van der Waals surface area (Å²) >= 11 is 0. The van der Waals surface area contributed by atoms with Crippen LogP contribution in [-0.2, 0) is 0 Å². The summed E-state index contributed by atoms with van der Waals surface area (Å²) in [5.41, 5.74) is 2.40. The van der Waals surface area contributed by atoms with Crippen molar-refractivity contribution >= 4 is 42.1 Å². The van der Waals surface area contributed by atoms with Crippen LogP contribution in [0.15, 0.2) is 30.5 Å². The van der Waals surface area contributed by atoms with Gasteiger partial charge in [0, 0.05) is 35.9 Å². The van der Waals surface area contributed by atoms with Crippen molar-refractivity contribution in [2.75, 3.05) is 21.7 Å². The van der Waals surface area contributed by atoms with Crippen molar-refractivity contribution in [2.24, 2.45) is 0 Å². The first-order chi connectivity index (χ1) is 16.7. The van der Waals surface area contributed by atoms with Crippen molar-refractivity contribution in [2.45, 2.75) is 70.0 Å².